The molecule has 1 atom stereocenters. The zero-order valence-corrected chi connectivity index (χ0v) is 16.2. The fraction of sp³-hybridized carbons (Fsp3) is 0.286. The summed E-state index contributed by atoms with van der Waals surface area (Å²) in [4.78, 5) is 35.8. The summed E-state index contributed by atoms with van der Waals surface area (Å²) in [6.07, 6.45) is 0. The lowest BCUT2D eigenvalue weighted by Crippen LogP contribution is -2.26. The molecule has 1 amide bonds. The lowest BCUT2D eigenvalue weighted by molar-refractivity contribution is -0.149. The molecule has 142 valence electrons. The molecule has 0 saturated heterocycles. The van der Waals surface area contributed by atoms with Crippen LogP contribution in [-0.2, 0) is 14.3 Å². The Morgan fingerprint density at radius 1 is 1.00 bits per heavy atom. The van der Waals surface area contributed by atoms with Gasteiger partial charge in [-0.05, 0) is 54.8 Å². The van der Waals surface area contributed by atoms with Crippen LogP contribution in [0.25, 0.3) is 0 Å². The molecule has 2 aromatic rings. The van der Waals surface area contributed by atoms with Gasteiger partial charge < -0.3 is 10.1 Å². The van der Waals surface area contributed by atoms with E-state index in [9.17, 15) is 14.4 Å². The summed E-state index contributed by atoms with van der Waals surface area (Å²) >= 11 is 5.89. The summed E-state index contributed by atoms with van der Waals surface area (Å²) in [7, 11) is 0. The SMILES string of the molecule is CC(=O)c1ccc(NC(=O)COC(=O)[C@H](c2ccc(Cl)cc2)C(C)C)cc1. The first-order chi connectivity index (χ1) is 12.8. The molecule has 0 aliphatic heterocycles. The third-order valence-corrected chi connectivity index (χ3v) is 4.32. The fourth-order valence-corrected chi connectivity index (χ4v) is 2.80. The number of esters is 1. The minimum atomic E-state index is -0.482. The molecule has 0 saturated carbocycles. The molecule has 0 fully saturated rings. The van der Waals surface area contributed by atoms with Crippen LogP contribution in [0.5, 0.6) is 0 Å². The van der Waals surface area contributed by atoms with Crippen LogP contribution >= 0.6 is 11.6 Å². The molecule has 0 aliphatic carbocycles. The number of ketones is 1. The largest absolute Gasteiger partial charge is 0.455 e. The van der Waals surface area contributed by atoms with Crippen LogP contribution in [0.3, 0.4) is 0 Å². The maximum absolute atomic E-state index is 12.5. The predicted molar refractivity (Wildman–Crippen MR) is 105 cm³/mol. The number of amides is 1. The third kappa shape index (κ3) is 5.93. The van der Waals surface area contributed by atoms with Gasteiger partial charge in [-0.25, -0.2) is 0 Å². The summed E-state index contributed by atoms with van der Waals surface area (Å²) in [6, 6.07) is 13.5. The highest BCUT2D eigenvalue weighted by Crippen LogP contribution is 2.27. The Labute approximate surface area is 163 Å². The summed E-state index contributed by atoms with van der Waals surface area (Å²) in [5.41, 5.74) is 1.88. The second-order valence-corrected chi connectivity index (χ2v) is 7.00. The number of carbonyl (C=O) groups is 3. The van der Waals surface area contributed by atoms with Gasteiger partial charge in [0.15, 0.2) is 12.4 Å². The lowest BCUT2D eigenvalue weighted by atomic mass is 9.88. The average Bonchev–Trinajstić information content (AvgIpc) is 2.62. The lowest BCUT2D eigenvalue weighted by Gasteiger charge is -2.20. The second-order valence-electron chi connectivity index (χ2n) is 6.56. The van der Waals surface area contributed by atoms with Crippen molar-refractivity contribution in [1.82, 2.24) is 0 Å². The Hall–Kier alpha value is -2.66. The van der Waals surface area contributed by atoms with E-state index in [-0.39, 0.29) is 18.3 Å². The van der Waals surface area contributed by atoms with Crippen LogP contribution in [0.1, 0.15) is 42.6 Å². The minimum absolute atomic E-state index is 0.000798. The summed E-state index contributed by atoms with van der Waals surface area (Å²) < 4.78 is 5.21. The zero-order chi connectivity index (χ0) is 20.0. The normalized spacial score (nSPS) is 11.7. The Kier molecular flexibility index (Phi) is 7.13. The number of hydrogen-bond donors (Lipinski definition) is 1. The highest BCUT2D eigenvalue weighted by atomic mass is 35.5. The van der Waals surface area contributed by atoms with Crippen LogP contribution in [0, 0.1) is 5.92 Å². The van der Waals surface area contributed by atoms with E-state index in [0.29, 0.717) is 16.3 Å². The van der Waals surface area contributed by atoms with Crippen molar-refractivity contribution in [2.75, 3.05) is 11.9 Å². The van der Waals surface area contributed by atoms with Gasteiger partial charge in [-0.2, -0.15) is 0 Å². The highest BCUT2D eigenvalue weighted by Gasteiger charge is 2.26. The molecule has 2 aromatic carbocycles. The molecule has 0 bridgehead atoms. The number of anilines is 1. The number of nitrogens with one attached hydrogen (secondary N) is 1. The van der Waals surface area contributed by atoms with E-state index in [4.69, 9.17) is 16.3 Å². The van der Waals surface area contributed by atoms with Gasteiger partial charge in [0.1, 0.15) is 0 Å². The Balaban J connectivity index is 1.95. The Bertz CT molecular complexity index is 813. The van der Waals surface area contributed by atoms with Gasteiger partial charge >= 0.3 is 5.97 Å². The first-order valence-corrected chi connectivity index (χ1v) is 8.98. The number of carbonyl (C=O) groups excluding carboxylic acids is 3. The van der Waals surface area contributed by atoms with Crippen molar-refractivity contribution in [3.63, 3.8) is 0 Å². The quantitative estimate of drug-likeness (QED) is 0.562. The van der Waals surface area contributed by atoms with Crippen molar-refractivity contribution >= 4 is 34.9 Å². The van der Waals surface area contributed by atoms with E-state index in [1.165, 1.54) is 6.92 Å². The summed E-state index contributed by atoms with van der Waals surface area (Å²) in [5.74, 6) is -1.44. The Morgan fingerprint density at radius 2 is 1.59 bits per heavy atom. The number of rotatable bonds is 7. The third-order valence-electron chi connectivity index (χ3n) is 4.07. The van der Waals surface area contributed by atoms with Crippen molar-refractivity contribution in [3.05, 3.63) is 64.7 Å². The highest BCUT2D eigenvalue weighted by molar-refractivity contribution is 6.30. The molecule has 0 radical (unpaired) electrons. The van der Waals surface area contributed by atoms with E-state index in [0.717, 1.165) is 5.56 Å². The number of benzene rings is 2. The van der Waals surface area contributed by atoms with Gasteiger partial charge in [-0.3, -0.25) is 14.4 Å². The molecular formula is C21H22ClNO4. The molecule has 0 spiro atoms. The van der Waals surface area contributed by atoms with E-state index in [1.54, 1.807) is 48.5 Å². The van der Waals surface area contributed by atoms with E-state index >= 15 is 0 Å². The standard InChI is InChI=1S/C21H22ClNO4/c1-13(2)20(16-4-8-17(22)9-5-16)21(26)27-12-19(25)23-18-10-6-15(7-11-18)14(3)24/h4-11,13,20H,12H2,1-3H3,(H,23,25)/t20-/m0/s1. The van der Waals surface area contributed by atoms with Crippen LogP contribution in [0.15, 0.2) is 48.5 Å². The molecule has 0 heterocycles. The van der Waals surface area contributed by atoms with Crippen LogP contribution < -0.4 is 5.32 Å². The maximum atomic E-state index is 12.5. The Morgan fingerprint density at radius 3 is 2.11 bits per heavy atom. The maximum Gasteiger partial charge on any atom is 0.314 e. The number of Topliss-reactive ketones (excluding diaryl/α,β-unsaturated/α-hetero) is 1. The number of hydrogen-bond acceptors (Lipinski definition) is 4. The molecule has 6 heteroatoms. The van der Waals surface area contributed by atoms with Gasteiger partial charge in [0.2, 0.25) is 0 Å². The van der Waals surface area contributed by atoms with Gasteiger partial charge in [0.25, 0.3) is 5.91 Å². The predicted octanol–water partition coefficient (Wildman–Crippen LogP) is 4.46. The molecule has 2 rings (SSSR count). The monoisotopic (exact) mass is 387 g/mol. The van der Waals surface area contributed by atoms with E-state index < -0.39 is 17.8 Å². The molecular weight excluding hydrogens is 366 g/mol. The smallest absolute Gasteiger partial charge is 0.314 e. The first kappa shape index (κ1) is 20.6. The zero-order valence-electron chi connectivity index (χ0n) is 15.5. The molecule has 0 aliphatic rings. The van der Waals surface area contributed by atoms with Crippen molar-refractivity contribution in [1.29, 1.82) is 0 Å². The fourth-order valence-electron chi connectivity index (χ4n) is 2.68. The molecule has 0 aromatic heterocycles. The number of halogens is 1. The van der Waals surface area contributed by atoms with E-state index in [2.05, 4.69) is 5.32 Å². The van der Waals surface area contributed by atoms with Gasteiger partial charge in [0, 0.05) is 16.3 Å². The first-order valence-electron chi connectivity index (χ1n) is 8.61. The topological polar surface area (TPSA) is 72.5 Å². The van der Waals surface area contributed by atoms with Crippen molar-refractivity contribution in [3.8, 4) is 0 Å². The van der Waals surface area contributed by atoms with Gasteiger partial charge in [0.05, 0.1) is 5.92 Å². The van der Waals surface area contributed by atoms with E-state index in [1.807, 2.05) is 13.8 Å². The summed E-state index contributed by atoms with van der Waals surface area (Å²) in [5, 5.41) is 3.22. The molecule has 27 heavy (non-hydrogen) atoms. The number of ether oxygens (including phenoxy) is 1. The van der Waals surface area contributed by atoms with Crippen LogP contribution in [0.2, 0.25) is 5.02 Å². The molecule has 1 N–H and O–H groups in total. The summed E-state index contributed by atoms with van der Waals surface area (Å²) in [6.45, 7) is 4.91. The van der Waals surface area contributed by atoms with Crippen LogP contribution in [0.4, 0.5) is 5.69 Å². The average molecular weight is 388 g/mol. The van der Waals surface area contributed by atoms with Crippen LogP contribution in [-0.4, -0.2) is 24.3 Å². The van der Waals surface area contributed by atoms with Crippen molar-refractivity contribution < 1.29 is 19.1 Å². The second kappa shape index (κ2) is 9.33. The van der Waals surface area contributed by atoms with Gasteiger partial charge in [-0.1, -0.05) is 37.6 Å². The van der Waals surface area contributed by atoms with Crippen molar-refractivity contribution in [2.24, 2.45) is 5.92 Å². The van der Waals surface area contributed by atoms with Gasteiger partial charge in [-0.15, -0.1) is 0 Å². The molecule has 5 nitrogen and oxygen atoms in total. The minimum Gasteiger partial charge on any atom is -0.455 e. The molecule has 0 unspecified atom stereocenters. The van der Waals surface area contributed by atoms with Crippen molar-refractivity contribution in [2.45, 2.75) is 26.7 Å².